The van der Waals surface area contributed by atoms with Crippen LogP contribution in [0.3, 0.4) is 0 Å². The first kappa shape index (κ1) is 19.6. The lowest BCUT2D eigenvalue weighted by molar-refractivity contribution is -0.117. The molecule has 0 unspecified atom stereocenters. The van der Waals surface area contributed by atoms with Gasteiger partial charge in [-0.05, 0) is 56.0 Å². The van der Waals surface area contributed by atoms with Gasteiger partial charge in [-0.25, -0.2) is 8.42 Å². The zero-order chi connectivity index (χ0) is 19.4. The molecule has 2 aromatic carbocycles. The second-order valence-corrected chi connectivity index (χ2v) is 9.00. The molecule has 1 fully saturated rings. The summed E-state index contributed by atoms with van der Waals surface area (Å²) >= 11 is 0. The van der Waals surface area contributed by atoms with Crippen LogP contribution < -0.4 is 5.32 Å². The minimum Gasteiger partial charge on any atom is -0.325 e. The number of piperidine rings is 1. The SMILES string of the molecule is Cc1cc(S(=O)(=O)N2CCCCC2)ccc1NC(=O)[C@@H](C)c1ccccc1. The van der Waals surface area contributed by atoms with Crippen molar-refractivity contribution >= 4 is 21.6 Å². The fourth-order valence-corrected chi connectivity index (χ4v) is 4.93. The fourth-order valence-electron chi connectivity index (χ4n) is 3.33. The zero-order valence-corrected chi connectivity index (χ0v) is 16.6. The molecule has 1 heterocycles. The molecule has 0 radical (unpaired) electrons. The van der Waals surface area contributed by atoms with Crippen LogP contribution in [-0.4, -0.2) is 31.7 Å². The molecule has 6 heteroatoms. The fraction of sp³-hybridized carbons (Fsp3) is 0.381. The van der Waals surface area contributed by atoms with E-state index in [0.29, 0.717) is 18.8 Å². The van der Waals surface area contributed by atoms with Crippen molar-refractivity contribution in [1.29, 1.82) is 0 Å². The van der Waals surface area contributed by atoms with Crippen LogP contribution in [0.4, 0.5) is 5.69 Å². The monoisotopic (exact) mass is 386 g/mol. The summed E-state index contributed by atoms with van der Waals surface area (Å²) in [6, 6.07) is 14.5. The van der Waals surface area contributed by atoms with Crippen LogP contribution in [0, 0.1) is 6.92 Å². The van der Waals surface area contributed by atoms with Crippen LogP contribution in [0.2, 0.25) is 0 Å². The van der Waals surface area contributed by atoms with E-state index in [-0.39, 0.29) is 16.7 Å². The molecule has 1 atom stereocenters. The number of benzene rings is 2. The van der Waals surface area contributed by atoms with Crippen molar-refractivity contribution in [2.24, 2.45) is 0 Å². The molecular formula is C21H26N2O3S. The minimum atomic E-state index is -3.47. The minimum absolute atomic E-state index is 0.115. The maximum absolute atomic E-state index is 12.8. The number of nitrogens with zero attached hydrogens (tertiary/aromatic N) is 1. The first-order valence-corrected chi connectivity index (χ1v) is 10.8. The Hall–Kier alpha value is -2.18. The third-order valence-corrected chi connectivity index (χ3v) is 7.00. The normalized spacial score (nSPS) is 16.7. The summed E-state index contributed by atoms with van der Waals surface area (Å²) in [5.74, 6) is -0.404. The van der Waals surface area contributed by atoms with Gasteiger partial charge in [0, 0.05) is 18.8 Å². The number of carbonyl (C=O) groups excluding carboxylic acids is 1. The molecule has 1 N–H and O–H groups in total. The van der Waals surface area contributed by atoms with Gasteiger partial charge in [0.1, 0.15) is 0 Å². The summed E-state index contributed by atoms with van der Waals surface area (Å²) < 4.78 is 27.2. The molecule has 0 aromatic heterocycles. The Morgan fingerprint density at radius 3 is 2.33 bits per heavy atom. The Labute approximate surface area is 161 Å². The van der Waals surface area contributed by atoms with Gasteiger partial charge < -0.3 is 5.32 Å². The molecule has 0 bridgehead atoms. The molecule has 3 rings (SSSR count). The lowest BCUT2D eigenvalue weighted by Crippen LogP contribution is -2.35. The van der Waals surface area contributed by atoms with Crippen molar-refractivity contribution in [3.63, 3.8) is 0 Å². The van der Waals surface area contributed by atoms with E-state index < -0.39 is 10.0 Å². The number of rotatable bonds is 5. The van der Waals surface area contributed by atoms with Gasteiger partial charge in [-0.15, -0.1) is 0 Å². The van der Waals surface area contributed by atoms with E-state index in [0.717, 1.165) is 30.4 Å². The molecule has 5 nitrogen and oxygen atoms in total. The van der Waals surface area contributed by atoms with Crippen LogP contribution in [0.15, 0.2) is 53.4 Å². The number of hydrogen-bond donors (Lipinski definition) is 1. The molecule has 0 saturated carbocycles. The average molecular weight is 387 g/mol. The molecule has 0 aliphatic carbocycles. The third-order valence-electron chi connectivity index (χ3n) is 5.10. The van der Waals surface area contributed by atoms with E-state index in [1.807, 2.05) is 44.2 Å². The number of nitrogens with one attached hydrogen (secondary N) is 1. The second kappa shape index (κ2) is 8.23. The predicted molar refractivity (Wildman–Crippen MR) is 107 cm³/mol. The van der Waals surface area contributed by atoms with E-state index in [2.05, 4.69) is 5.32 Å². The second-order valence-electron chi connectivity index (χ2n) is 7.06. The average Bonchev–Trinajstić information content (AvgIpc) is 2.70. The predicted octanol–water partition coefficient (Wildman–Crippen LogP) is 3.91. The summed E-state index contributed by atoms with van der Waals surface area (Å²) in [4.78, 5) is 12.8. The zero-order valence-electron chi connectivity index (χ0n) is 15.8. The van der Waals surface area contributed by atoms with E-state index in [1.54, 1.807) is 22.5 Å². The molecule has 1 aliphatic rings. The quantitative estimate of drug-likeness (QED) is 0.847. The van der Waals surface area contributed by atoms with Crippen LogP contribution in [0.5, 0.6) is 0 Å². The maximum Gasteiger partial charge on any atom is 0.243 e. The molecular weight excluding hydrogens is 360 g/mol. The lowest BCUT2D eigenvalue weighted by Gasteiger charge is -2.26. The molecule has 1 amide bonds. The van der Waals surface area contributed by atoms with Crippen molar-refractivity contribution in [2.45, 2.75) is 43.9 Å². The van der Waals surface area contributed by atoms with Gasteiger partial charge >= 0.3 is 0 Å². The van der Waals surface area contributed by atoms with Gasteiger partial charge in [0.15, 0.2) is 0 Å². The van der Waals surface area contributed by atoms with E-state index in [9.17, 15) is 13.2 Å². The molecule has 27 heavy (non-hydrogen) atoms. The summed E-state index contributed by atoms with van der Waals surface area (Å²) in [6.45, 7) is 4.83. The van der Waals surface area contributed by atoms with E-state index in [4.69, 9.17) is 0 Å². The summed E-state index contributed by atoms with van der Waals surface area (Å²) in [6.07, 6.45) is 2.89. The summed E-state index contributed by atoms with van der Waals surface area (Å²) in [7, 11) is -3.47. The summed E-state index contributed by atoms with van der Waals surface area (Å²) in [5, 5.41) is 2.92. The van der Waals surface area contributed by atoms with Crippen molar-refractivity contribution in [3.05, 3.63) is 59.7 Å². The highest BCUT2D eigenvalue weighted by molar-refractivity contribution is 7.89. The van der Waals surface area contributed by atoms with Gasteiger partial charge in [-0.3, -0.25) is 4.79 Å². The molecule has 2 aromatic rings. The standard InChI is InChI=1S/C21H26N2O3S/c1-16-15-19(27(25,26)23-13-7-4-8-14-23)11-12-20(16)22-21(24)17(2)18-9-5-3-6-10-18/h3,5-6,9-12,15,17H,4,7-8,13-14H2,1-2H3,(H,22,24)/t17-/m0/s1. The maximum atomic E-state index is 12.8. The van der Waals surface area contributed by atoms with E-state index >= 15 is 0 Å². The number of sulfonamides is 1. The first-order valence-electron chi connectivity index (χ1n) is 9.36. The van der Waals surface area contributed by atoms with Crippen LogP contribution in [0.25, 0.3) is 0 Å². The largest absolute Gasteiger partial charge is 0.325 e. The Bertz CT molecular complexity index is 904. The lowest BCUT2D eigenvalue weighted by atomic mass is 10.0. The van der Waals surface area contributed by atoms with Crippen LogP contribution in [-0.2, 0) is 14.8 Å². The number of anilines is 1. The Balaban J connectivity index is 1.76. The van der Waals surface area contributed by atoms with Crippen LogP contribution in [0.1, 0.15) is 43.2 Å². The molecule has 0 spiro atoms. The molecule has 1 aliphatic heterocycles. The molecule has 144 valence electrons. The van der Waals surface area contributed by atoms with Crippen molar-refractivity contribution in [1.82, 2.24) is 4.31 Å². The van der Waals surface area contributed by atoms with Gasteiger partial charge in [-0.2, -0.15) is 4.31 Å². The first-order chi connectivity index (χ1) is 12.9. The number of aryl methyl sites for hydroxylation is 1. The van der Waals surface area contributed by atoms with E-state index in [1.165, 1.54) is 0 Å². The Kier molecular flexibility index (Phi) is 5.97. The summed E-state index contributed by atoms with van der Waals surface area (Å²) in [5.41, 5.74) is 2.32. The third kappa shape index (κ3) is 4.39. The van der Waals surface area contributed by atoms with Gasteiger partial charge in [0.05, 0.1) is 10.8 Å². The highest BCUT2D eigenvalue weighted by Gasteiger charge is 2.26. The Morgan fingerprint density at radius 1 is 1.04 bits per heavy atom. The molecule has 1 saturated heterocycles. The highest BCUT2D eigenvalue weighted by atomic mass is 32.2. The van der Waals surface area contributed by atoms with Crippen LogP contribution >= 0.6 is 0 Å². The van der Waals surface area contributed by atoms with Crippen molar-refractivity contribution in [2.75, 3.05) is 18.4 Å². The topological polar surface area (TPSA) is 66.5 Å². The smallest absolute Gasteiger partial charge is 0.243 e. The van der Waals surface area contributed by atoms with Gasteiger partial charge in [0.25, 0.3) is 0 Å². The number of hydrogen-bond acceptors (Lipinski definition) is 3. The van der Waals surface area contributed by atoms with Gasteiger partial charge in [-0.1, -0.05) is 36.8 Å². The highest BCUT2D eigenvalue weighted by Crippen LogP contribution is 2.26. The van der Waals surface area contributed by atoms with Crippen molar-refractivity contribution < 1.29 is 13.2 Å². The van der Waals surface area contributed by atoms with Crippen molar-refractivity contribution in [3.8, 4) is 0 Å². The Morgan fingerprint density at radius 2 is 1.70 bits per heavy atom. The number of amides is 1. The number of carbonyl (C=O) groups is 1. The van der Waals surface area contributed by atoms with Gasteiger partial charge in [0.2, 0.25) is 15.9 Å².